The van der Waals surface area contributed by atoms with Crippen molar-refractivity contribution in [3.63, 3.8) is 0 Å². The predicted molar refractivity (Wildman–Crippen MR) is 103 cm³/mol. The molecule has 4 nitrogen and oxygen atoms in total. The van der Waals surface area contributed by atoms with E-state index in [1.807, 2.05) is 0 Å². The van der Waals surface area contributed by atoms with Crippen molar-refractivity contribution in [2.75, 3.05) is 0 Å². The monoisotopic (exact) mass is 378 g/mol. The minimum Gasteiger partial charge on any atom is -1.00 e. The van der Waals surface area contributed by atoms with Gasteiger partial charge in [-0.2, -0.15) is 0 Å². The second kappa shape index (κ2) is 21.1. The number of carbonyl (C=O) groups excluding carboxylic acids is 2. The molecule has 0 aromatic heterocycles. The standard InChI is InChI=1S/C21H38O4.Na.H/c1-3-4-5-6-7-8-9-10-11-12-13-14-15-16-17-18-20(23)25-21(24)19(2)22;;/h10-11,19,22H,3-9,12-18H2,1-2H3;;/q;+1;-1/b11-10-;;. The van der Waals surface area contributed by atoms with E-state index >= 15 is 0 Å². The molecule has 0 aromatic rings. The van der Waals surface area contributed by atoms with Crippen molar-refractivity contribution in [1.82, 2.24) is 0 Å². The second-order valence-electron chi connectivity index (χ2n) is 6.80. The molecule has 26 heavy (non-hydrogen) atoms. The summed E-state index contributed by atoms with van der Waals surface area (Å²) in [6, 6.07) is 0. The number of ether oxygens (including phenoxy) is 1. The van der Waals surface area contributed by atoms with Gasteiger partial charge in [-0.05, 0) is 39.0 Å². The average molecular weight is 379 g/mol. The summed E-state index contributed by atoms with van der Waals surface area (Å²) in [5.41, 5.74) is 0. The van der Waals surface area contributed by atoms with Crippen LogP contribution in [0.1, 0.15) is 105 Å². The Morgan fingerprint density at radius 3 is 1.85 bits per heavy atom. The van der Waals surface area contributed by atoms with E-state index in [1.54, 1.807) is 0 Å². The zero-order valence-corrected chi connectivity index (χ0v) is 19.3. The molecule has 0 saturated carbocycles. The van der Waals surface area contributed by atoms with Crippen molar-refractivity contribution in [3.05, 3.63) is 12.2 Å². The molecule has 0 aromatic carbocycles. The molecule has 1 atom stereocenters. The van der Waals surface area contributed by atoms with Crippen molar-refractivity contribution in [1.29, 1.82) is 0 Å². The summed E-state index contributed by atoms with van der Waals surface area (Å²) < 4.78 is 4.49. The van der Waals surface area contributed by atoms with Crippen LogP contribution >= 0.6 is 0 Å². The van der Waals surface area contributed by atoms with E-state index in [-0.39, 0.29) is 37.4 Å². The van der Waals surface area contributed by atoms with Gasteiger partial charge in [-0.15, -0.1) is 0 Å². The average Bonchev–Trinajstić information content (AvgIpc) is 2.58. The van der Waals surface area contributed by atoms with Crippen LogP contribution in [0.3, 0.4) is 0 Å². The van der Waals surface area contributed by atoms with Gasteiger partial charge < -0.3 is 11.3 Å². The summed E-state index contributed by atoms with van der Waals surface area (Å²) in [5.74, 6) is -1.40. The number of hydrogen-bond donors (Lipinski definition) is 1. The van der Waals surface area contributed by atoms with Crippen LogP contribution in [0.25, 0.3) is 0 Å². The van der Waals surface area contributed by atoms with Crippen LogP contribution in [0.4, 0.5) is 0 Å². The van der Waals surface area contributed by atoms with Gasteiger partial charge in [0.15, 0.2) is 0 Å². The van der Waals surface area contributed by atoms with Crippen LogP contribution in [-0.4, -0.2) is 23.1 Å². The number of aliphatic hydroxyl groups is 1. The Hall–Kier alpha value is -0.160. The molecule has 0 bridgehead atoms. The first-order valence-corrected chi connectivity index (χ1v) is 10.2. The van der Waals surface area contributed by atoms with E-state index in [2.05, 4.69) is 23.8 Å². The zero-order chi connectivity index (χ0) is 18.8. The molecule has 0 fully saturated rings. The molecular weight excluding hydrogens is 339 g/mol. The summed E-state index contributed by atoms with van der Waals surface area (Å²) in [6.45, 7) is 3.54. The van der Waals surface area contributed by atoms with E-state index in [1.165, 1.54) is 64.7 Å². The van der Waals surface area contributed by atoms with Crippen LogP contribution in [0.5, 0.6) is 0 Å². The fourth-order valence-electron chi connectivity index (χ4n) is 2.59. The molecule has 148 valence electrons. The van der Waals surface area contributed by atoms with Gasteiger partial charge in [0.2, 0.25) is 0 Å². The fourth-order valence-corrected chi connectivity index (χ4v) is 2.59. The third-order valence-corrected chi connectivity index (χ3v) is 4.20. The van der Waals surface area contributed by atoms with Gasteiger partial charge in [-0.1, -0.05) is 70.4 Å². The van der Waals surface area contributed by atoms with Crippen molar-refractivity contribution >= 4 is 11.9 Å². The normalized spacial score (nSPS) is 12.0. The summed E-state index contributed by atoms with van der Waals surface area (Å²) in [5, 5.41) is 8.94. The molecule has 0 aliphatic heterocycles. The summed E-state index contributed by atoms with van der Waals surface area (Å²) in [7, 11) is 0. The first kappa shape index (κ1) is 28.1. The third-order valence-electron chi connectivity index (χ3n) is 4.20. The van der Waals surface area contributed by atoms with Gasteiger partial charge in [0, 0.05) is 6.42 Å². The summed E-state index contributed by atoms with van der Waals surface area (Å²) in [6.07, 6.45) is 19.3. The van der Waals surface area contributed by atoms with Crippen LogP contribution in [0.15, 0.2) is 12.2 Å². The van der Waals surface area contributed by atoms with Gasteiger partial charge >= 0.3 is 41.5 Å². The number of carbonyl (C=O) groups is 2. The quantitative estimate of drug-likeness (QED) is 0.147. The molecule has 0 amide bonds. The molecule has 0 aliphatic rings. The van der Waals surface area contributed by atoms with Crippen LogP contribution in [0, 0.1) is 0 Å². The fraction of sp³-hybridized carbons (Fsp3) is 0.810. The predicted octanol–water partition coefficient (Wildman–Crippen LogP) is 2.59. The first-order valence-electron chi connectivity index (χ1n) is 10.2. The molecule has 0 aliphatic carbocycles. The maximum atomic E-state index is 11.3. The number of hydrogen-bond acceptors (Lipinski definition) is 4. The maximum absolute atomic E-state index is 11.3. The Labute approximate surface area is 183 Å². The van der Waals surface area contributed by atoms with E-state index in [4.69, 9.17) is 5.11 Å². The zero-order valence-electron chi connectivity index (χ0n) is 18.3. The molecule has 1 unspecified atom stereocenters. The Morgan fingerprint density at radius 1 is 0.885 bits per heavy atom. The van der Waals surface area contributed by atoms with Crippen LogP contribution in [0.2, 0.25) is 0 Å². The number of unbranched alkanes of at least 4 members (excludes halogenated alkanes) is 11. The van der Waals surface area contributed by atoms with E-state index in [9.17, 15) is 9.59 Å². The molecule has 0 heterocycles. The van der Waals surface area contributed by atoms with Crippen molar-refractivity contribution < 1.29 is 50.4 Å². The Bertz CT molecular complexity index is 373. The minimum atomic E-state index is -1.24. The van der Waals surface area contributed by atoms with E-state index < -0.39 is 18.0 Å². The van der Waals surface area contributed by atoms with Crippen LogP contribution in [-0.2, 0) is 14.3 Å². The molecule has 0 saturated heterocycles. The third kappa shape index (κ3) is 20.2. The number of rotatable bonds is 16. The maximum Gasteiger partial charge on any atom is 1.00 e. The van der Waals surface area contributed by atoms with Crippen molar-refractivity contribution in [2.24, 2.45) is 0 Å². The molecule has 0 rings (SSSR count). The number of esters is 2. The van der Waals surface area contributed by atoms with E-state index in [0.717, 1.165) is 25.7 Å². The Kier molecular flexibility index (Phi) is 22.8. The minimum absolute atomic E-state index is 0. The summed E-state index contributed by atoms with van der Waals surface area (Å²) in [4.78, 5) is 22.3. The van der Waals surface area contributed by atoms with Gasteiger partial charge in [0.1, 0.15) is 6.10 Å². The molecule has 0 radical (unpaired) electrons. The SMILES string of the molecule is CCCCCCCC/C=C\CCCCCCCC(=O)OC(=O)C(C)O.[H-].[Na+]. The molecule has 5 heteroatoms. The molecular formula is C21H39NaO4. The van der Waals surface area contributed by atoms with Gasteiger partial charge in [0.25, 0.3) is 0 Å². The first-order chi connectivity index (χ1) is 12.1. The molecule has 0 spiro atoms. The number of allylic oxidation sites excluding steroid dienone is 2. The Morgan fingerprint density at radius 2 is 1.35 bits per heavy atom. The largest absolute Gasteiger partial charge is 1.00 e. The number of aliphatic hydroxyl groups excluding tert-OH is 1. The van der Waals surface area contributed by atoms with Crippen molar-refractivity contribution in [3.8, 4) is 0 Å². The van der Waals surface area contributed by atoms with Gasteiger partial charge in [-0.25, -0.2) is 4.79 Å². The van der Waals surface area contributed by atoms with Gasteiger partial charge in [-0.3, -0.25) is 4.79 Å². The van der Waals surface area contributed by atoms with E-state index in [0.29, 0.717) is 0 Å². The van der Waals surface area contributed by atoms with Crippen LogP contribution < -0.4 is 29.6 Å². The van der Waals surface area contributed by atoms with Gasteiger partial charge in [0.05, 0.1) is 0 Å². The van der Waals surface area contributed by atoms with Crippen molar-refractivity contribution in [2.45, 2.75) is 110 Å². The topological polar surface area (TPSA) is 63.6 Å². The smallest absolute Gasteiger partial charge is 1.00 e. The Balaban J connectivity index is -0.00000288. The summed E-state index contributed by atoms with van der Waals surface area (Å²) >= 11 is 0. The second-order valence-corrected chi connectivity index (χ2v) is 6.80. The molecule has 1 N–H and O–H groups in total.